The van der Waals surface area contributed by atoms with Crippen molar-refractivity contribution in [2.24, 2.45) is 0 Å². The molecule has 0 atom stereocenters. The molecule has 0 saturated carbocycles. The molecule has 2 heterocycles. The van der Waals surface area contributed by atoms with Gasteiger partial charge in [-0.2, -0.15) is 5.10 Å². The number of rotatable bonds is 9. The monoisotopic (exact) mass is 487 g/mol. The third kappa shape index (κ3) is 5.46. The van der Waals surface area contributed by atoms with Crippen molar-refractivity contribution >= 4 is 11.8 Å². The topological polar surface area (TPSA) is 66.1 Å². The summed E-state index contributed by atoms with van der Waals surface area (Å²) in [6.07, 6.45) is 0.713. The molecule has 0 aliphatic rings. The van der Waals surface area contributed by atoms with E-state index in [0.29, 0.717) is 42.0 Å². The maximum absolute atomic E-state index is 13.2. The average Bonchev–Trinajstić information content (AvgIpc) is 3.31. The van der Waals surface area contributed by atoms with Gasteiger partial charge < -0.3 is 9.30 Å². The number of halogens is 1. The van der Waals surface area contributed by atoms with E-state index in [1.54, 1.807) is 23.7 Å². The number of carbonyl (C=O) groups is 2. The molecule has 4 aromatic rings. The number of Topliss-reactive ketones (excluding diaryl/α,β-unsaturated/α-hetero) is 1. The SMILES string of the molecule is Cc1nn(Cc2ccccc2)c(C)c1C(=O)OCC(=O)c1cc(C)n(CCc2ccc(F)cc2)c1C. The Morgan fingerprint density at radius 3 is 2.31 bits per heavy atom. The molecule has 0 aliphatic heterocycles. The summed E-state index contributed by atoms with van der Waals surface area (Å²) in [6.45, 7) is 8.28. The Bertz CT molecular complexity index is 1390. The van der Waals surface area contributed by atoms with Crippen molar-refractivity contribution in [1.29, 1.82) is 0 Å². The highest BCUT2D eigenvalue weighted by molar-refractivity contribution is 6.00. The zero-order valence-corrected chi connectivity index (χ0v) is 21.0. The standard InChI is InChI=1S/C29H30FN3O3/c1-19-16-26(21(3)32(19)15-14-23-10-12-25(30)13-11-23)27(34)18-36-29(35)28-20(2)31-33(22(28)4)17-24-8-6-5-7-9-24/h5-13,16H,14-15,17-18H2,1-4H3. The molecule has 0 aliphatic carbocycles. The van der Waals surface area contributed by atoms with Gasteiger partial charge in [-0.15, -0.1) is 0 Å². The largest absolute Gasteiger partial charge is 0.454 e. The second kappa shape index (κ2) is 10.7. The molecule has 0 fully saturated rings. The van der Waals surface area contributed by atoms with Crippen LogP contribution in [-0.4, -0.2) is 32.7 Å². The predicted octanol–water partition coefficient (Wildman–Crippen LogP) is 5.39. The molecule has 2 aromatic carbocycles. The predicted molar refractivity (Wildman–Crippen MR) is 136 cm³/mol. The fraction of sp³-hybridized carbons (Fsp3) is 0.276. The van der Waals surface area contributed by atoms with Crippen LogP contribution in [0.2, 0.25) is 0 Å². The fourth-order valence-electron chi connectivity index (χ4n) is 4.50. The lowest BCUT2D eigenvalue weighted by atomic mass is 10.1. The Labute approximate surface area is 210 Å². The molecule has 0 unspecified atom stereocenters. The number of aryl methyl sites for hydroxylation is 3. The number of nitrogens with zero attached hydrogens (tertiary/aromatic N) is 3. The number of hydrogen-bond acceptors (Lipinski definition) is 4. The summed E-state index contributed by atoms with van der Waals surface area (Å²) in [7, 11) is 0. The van der Waals surface area contributed by atoms with Crippen LogP contribution in [0.5, 0.6) is 0 Å². The van der Waals surface area contributed by atoms with E-state index in [4.69, 9.17) is 4.74 Å². The molecular formula is C29H30FN3O3. The Balaban J connectivity index is 1.40. The highest BCUT2D eigenvalue weighted by atomic mass is 19.1. The van der Waals surface area contributed by atoms with Crippen LogP contribution in [0, 0.1) is 33.5 Å². The number of esters is 1. The van der Waals surface area contributed by atoms with Gasteiger partial charge in [-0.1, -0.05) is 42.5 Å². The van der Waals surface area contributed by atoms with Gasteiger partial charge in [0.2, 0.25) is 5.78 Å². The Morgan fingerprint density at radius 2 is 1.61 bits per heavy atom. The number of ether oxygens (including phenoxy) is 1. The lowest BCUT2D eigenvalue weighted by Gasteiger charge is -2.10. The average molecular weight is 488 g/mol. The molecule has 0 bridgehead atoms. The number of aromatic nitrogens is 3. The van der Waals surface area contributed by atoms with Crippen LogP contribution in [0.25, 0.3) is 0 Å². The first-order chi connectivity index (χ1) is 17.2. The second-order valence-corrected chi connectivity index (χ2v) is 9.00. The first-order valence-electron chi connectivity index (χ1n) is 11.9. The summed E-state index contributed by atoms with van der Waals surface area (Å²) in [4.78, 5) is 25.8. The first-order valence-corrected chi connectivity index (χ1v) is 11.9. The quantitative estimate of drug-likeness (QED) is 0.235. The summed E-state index contributed by atoms with van der Waals surface area (Å²) in [6, 6.07) is 18.1. The van der Waals surface area contributed by atoms with E-state index in [1.165, 1.54) is 12.1 Å². The zero-order valence-electron chi connectivity index (χ0n) is 21.0. The normalized spacial score (nSPS) is 11.0. The zero-order chi connectivity index (χ0) is 25.8. The molecule has 2 aromatic heterocycles. The van der Waals surface area contributed by atoms with Crippen LogP contribution in [0.1, 0.15) is 54.6 Å². The van der Waals surface area contributed by atoms with E-state index in [-0.39, 0.29) is 18.2 Å². The summed E-state index contributed by atoms with van der Waals surface area (Å²) >= 11 is 0. The maximum Gasteiger partial charge on any atom is 0.342 e. The van der Waals surface area contributed by atoms with Crippen LogP contribution in [0.4, 0.5) is 4.39 Å². The van der Waals surface area contributed by atoms with Gasteiger partial charge in [-0.3, -0.25) is 9.48 Å². The van der Waals surface area contributed by atoms with Gasteiger partial charge in [-0.05, 0) is 63.4 Å². The third-order valence-corrected chi connectivity index (χ3v) is 6.51. The van der Waals surface area contributed by atoms with Crippen molar-refractivity contribution in [2.75, 3.05) is 6.61 Å². The van der Waals surface area contributed by atoms with Gasteiger partial charge in [0.25, 0.3) is 0 Å². The Hall–Kier alpha value is -4.00. The molecule has 7 heteroatoms. The number of hydrogen-bond donors (Lipinski definition) is 0. The summed E-state index contributed by atoms with van der Waals surface area (Å²) in [5.41, 5.74) is 6.05. The highest BCUT2D eigenvalue weighted by Gasteiger charge is 2.23. The van der Waals surface area contributed by atoms with Crippen molar-refractivity contribution in [2.45, 2.75) is 47.2 Å². The Morgan fingerprint density at radius 1 is 0.917 bits per heavy atom. The van der Waals surface area contributed by atoms with Gasteiger partial charge in [0.05, 0.1) is 17.9 Å². The van der Waals surface area contributed by atoms with E-state index < -0.39 is 5.97 Å². The van der Waals surface area contributed by atoms with Crippen LogP contribution < -0.4 is 0 Å². The van der Waals surface area contributed by atoms with Crippen molar-refractivity contribution in [3.63, 3.8) is 0 Å². The van der Waals surface area contributed by atoms with E-state index in [9.17, 15) is 14.0 Å². The first kappa shape index (κ1) is 25.1. The van der Waals surface area contributed by atoms with Gasteiger partial charge in [0.1, 0.15) is 11.4 Å². The molecule has 0 amide bonds. The molecule has 36 heavy (non-hydrogen) atoms. The van der Waals surface area contributed by atoms with Gasteiger partial charge in [0.15, 0.2) is 6.61 Å². The van der Waals surface area contributed by atoms with Crippen LogP contribution in [0.3, 0.4) is 0 Å². The molecule has 0 saturated heterocycles. The van der Waals surface area contributed by atoms with Crippen molar-refractivity contribution < 1.29 is 18.7 Å². The van der Waals surface area contributed by atoms with Crippen LogP contribution >= 0.6 is 0 Å². The number of ketones is 1. The van der Waals surface area contributed by atoms with Crippen LogP contribution in [-0.2, 0) is 24.2 Å². The van der Waals surface area contributed by atoms with Gasteiger partial charge >= 0.3 is 5.97 Å². The van der Waals surface area contributed by atoms with Crippen molar-refractivity contribution in [1.82, 2.24) is 14.3 Å². The molecule has 4 rings (SSSR count). The lowest BCUT2D eigenvalue weighted by molar-refractivity contribution is 0.0473. The van der Waals surface area contributed by atoms with Crippen LogP contribution in [0.15, 0.2) is 60.7 Å². The fourth-order valence-corrected chi connectivity index (χ4v) is 4.50. The van der Waals surface area contributed by atoms with Crippen molar-refractivity contribution in [3.8, 4) is 0 Å². The van der Waals surface area contributed by atoms with Crippen molar-refractivity contribution in [3.05, 3.63) is 112 Å². The molecule has 0 N–H and O–H groups in total. The maximum atomic E-state index is 13.2. The molecule has 0 radical (unpaired) electrons. The van der Waals surface area contributed by atoms with E-state index in [2.05, 4.69) is 9.67 Å². The lowest BCUT2D eigenvalue weighted by Crippen LogP contribution is -2.16. The minimum absolute atomic E-state index is 0.253. The number of carbonyl (C=O) groups excluding carboxylic acids is 2. The van der Waals surface area contributed by atoms with E-state index >= 15 is 0 Å². The molecule has 0 spiro atoms. The van der Waals surface area contributed by atoms with Gasteiger partial charge in [-0.25, -0.2) is 9.18 Å². The Kier molecular flexibility index (Phi) is 7.48. The highest BCUT2D eigenvalue weighted by Crippen LogP contribution is 2.19. The third-order valence-electron chi connectivity index (χ3n) is 6.51. The minimum atomic E-state index is -0.553. The molecule has 6 nitrogen and oxygen atoms in total. The molecule has 186 valence electrons. The van der Waals surface area contributed by atoms with Gasteiger partial charge in [0, 0.05) is 23.5 Å². The summed E-state index contributed by atoms with van der Waals surface area (Å²) in [5, 5.41) is 4.50. The van der Waals surface area contributed by atoms with E-state index in [0.717, 1.165) is 22.5 Å². The second-order valence-electron chi connectivity index (χ2n) is 9.00. The smallest absolute Gasteiger partial charge is 0.342 e. The summed E-state index contributed by atoms with van der Waals surface area (Å²) < 4.78 is 22.4. The number of benzene rings is 2. The summed E-state index contributed by atoms with van der Waals surface area (Å²) in [5.74, 6) is -1.07. The van der Waals surface area contributed by atoms with E-state index in [1.807, 2.05) is 57.2 Å². The minimum Gasteiger partial charge on any atom is -0.454 e. The molecular weight excluding hydrogens is 457 g/mol.